The molecule has 0 saturated carbocycles. The predicted molar refractivity (Wildman–Crippen MR) is 99.0 cm³/mol. The molecule has 0 aliphatic rings. The molecule has 3 rings (SSSR count). The maximum absolute atomic E-state index is 8.95. The lowest BCUT2D eigenvalue weighted by molar-refractivity contribution is 0.800. The molecule has 0 heterocycles. The normalized spacial score (nSPS) is 10.2. The Morgan fingerprint density at radius 2 is 1.33 bits per heavy atom. The molecule has 3 aromatic carbocycles. The van der Waals surface area contributed by atoms with Crippen LogP contribution in [0.5, 0.6) is 0 Å². The van der Waals surface area contributed by atoms with E-state index in [9.17, 15) is 0 Å². The van der Waals surface area contributed by atoms with E-state index in [-0.39, 0.29) is 0 Å². The van der Waals surface area contributed by atoms with Gasteiger partial charge in [0.05, 0.1) is 0 Å². The zero-order valence-corrected chi connectivity index (χ0v) is 13.9. The Labute approximate surface area is 146 Å². The first-order chi connectivity index (χ1) is 11.8. The molecule has 0 fully saturated rings. The summed E-state index contributed by atoms with van der Waals surface area (Å²) in [7, 11) is 0. The van der Waals surface area contributed by atoms with E-state index in [1.54, 1.807) is 6.07 Å². The highest BCUT2D eigenvalue weighted by Crippen LogP contribution is 2.31. The quantitative estimate of drug-likeness (QED) is 0.533. The lowest BCUT2D eigenvalue weighted by Gasteiger charge is -2.25. The minimum absolute atomic E-state index is 0.375. The van der Waals surface area contributed by atoms with Crippen molar-refractivity contribution in [2.45, 2.75) is 13.1 Å². The number of benzene rings is 3. The molecule has 3 aromatic rings. The molecule has 0 saturated heterocycles. The molecule has 0 radical (unpaired) electrons. The Balaban J connectivity index is 1.92. The summed E-state index contributed by atoms with van der Waals surface area (Å²) in [5, 5.41) is 9.38. The van der Waals surface area contributed by atoms with Crippen LogP contribution in [0.2, 0.25) is 5.02 Å². The Kier molecular flexibility index (Phi) is 5.10. The number of hydrogen-bond acceptors (Lipinski definition) is 2. The van der Waals surface area contributed by atoms with Gasteiger partial charge in [-0.15, -0.1) is 0 Å². The Morgan fingerprint density at radius 1 is 0.792 bits per heavy atom. The molecular weight excluding hydrogens is 318 g/mol. The van der Waals surface area contributed by atoms with Gasteiger partial charge >= 0.3 is 5.69 Å². The molecule has 0 aromatic heterocycles. The summed E-state index contributed by atoms with van der Waals surface area (Å²) < 4.78 is 0. The fourth-order valence-electron chi connectivity index (χ4n) is 2.62. The first-order valence-corrected chi connectivity index (χ1v) is 8.11. The highest BCUT2D eigenvalue weighted by molar-refractivity contribution is 6.33. The minimum Gasteiger partial charge on any atom is -0.363 e. The summed E-state index contributed by atoms with van der Waals surface area (Å²) in [4.78, 5) is 5.44. The second-order valence-electron chi connectivity index (χ2n) is 5.56. The molecule has 0 aliphatic heterocycles. The maximum Gasteiger partial charge on any atom is 0.403 e. The molecule has 0 unspecified atom stereocenters. The molecule has 0 aliphatic carbocycles. The van der Waals surface area contributed by atoms with Crippen molar-refractivity contribution in [2.24, 2.45) is 0 Å². The number of hydrogen-bond donors (Lipinski definition) is 0. The minimum atomic E-state index is 0.375. The molecular formula is C20H17ClN3+. The average Bonchev–Trinajstić information content (AvgIpc) is 2.63. The topological polar surface area (TPSA) is 31.4 Å². The van der Waals surface area contributed by atoms with Gasteiger partial charge in [0.15, 0.2) is 4.98 Å². The van der Waals surface area contributed by atoms with E-state index in [1.165, 1.54) is 11.1 Å². The Bertz CT molecular complexity index is 800. The van der Waals surface area contributed by atoms with Crippen LogP contribution in [-0.4, -0.2) is 0 Å². The zero-order chi connectivity index (χ0) is 16.8. The van der Waals surface area contributed by atoms with Gasteiger partial charge < -0.3 is 4.90 Å². The third-order valence-electron chi connectivity index (χ3n) is 3.84. The van der Waals surface area contributed by atoms with Crippen molar-refractivity contribution >= 4 is 23.0 Å². The summed E-state index contributed by atoms with van der Waals surface area (Å²) in [6.07, 6.45) is 0. The van der Waals surface area contributed by atoms with Crippen LogP contribution in [0, 0.1) is 5.39 Å². The van der Waals surface area contributed by atoms with Crippen molar-refractivity contribution in [3.8, 4) is 0 Å². The number of rotatable bonds is 5. The van der Waals surface area contributed by atoms with Crippen molar-refractivity contribution in [2.75, 3.05) is 4.90 Å². The molecule has 0 N–H and O–H groups in total. The van der Waals surface area contributed by atoms with E-state index < -0.39 is 0 Å². The van der Waals surface area contributed by atoms with Gasteiger partial charge in [-0.2, -0.15) is 0 Å². The lowest BCUT2D eigenvalue weighted by Crippen LogP contribution is -2.22. The second kappa shape index (κ2) is 7.63. The van der Waals surface area contributed by atoms with Crippen LogP contribution in [0.25, 0.3) is 4.98 Å². The van der Waals surface area contributed by atoms with E-state index in [0.29, 0.717) is 10.7 Å². The zero-order valence-electron chi connectivity index (χ0n) is 13.1. The number of anilines is 1. The Morgan fingerprint density at radius 3 is 1.79 bits per heavy atom. The fraction of sp³-hybridized carbons (Fsp3) is 0.100. The van der Waals surface area contributed by atoms with Gasteiger partial charge in [0.1, 0.15) is 5.02 Å². The summed E-state index contributed by atoms with van der Waals surface area (Å²) in [6.45, 7) is 1.53. The van der Waals surface area contributed by atoms with Crippen molar-refractivity contribution in [3.63, 3.8) is 0 Å². The van der Waals surface area contributed by atoms with Gasteiger partial charge in [-0.3, -0.25) is 0 Å². The molecule has 118 valence electrons. The molecule has 0 atom stereocenters. The highest BCUT2D eigenvalue weighted by atomic mass is 35.5. The van der Waals surface area contributed by atoms with Crippen LogP contribution in [-0.2, 0) is 13.1 Å². The van der Waals surface area contributed by atoms with Crippen molar-refractivity contribution in [1.82, 2.24) is 0 Å². The van der Waals surface area contributed by atoms with Crippen LogP contribution < -0.4 is 4.90 Å². The molecule has 0 amide bonds. The lowest BCUT2D eigenvalue weighted by atomic mass is 10.1. The van der Waals surface area contributed by atoms with E-state index >= 15 is 0 Å². The van der Waals surface area contributed by atoms with Crippen LogP contribution in [0.4, 0.5) is 11.4 Å². The number of nitrogens with zero attached hydrogens (tertiary/aromatic N) is 3. The van der Waals surface area contributed by atoms with Crippen molar-refractivity contribution < 1.29 is 0 Å². The van der Waals surface area contributed by atoms with Gasteiger partial charge in [-0.05, 0) is 23.3 Å². The van der Waals surface area contributed by atoms with Crippen LogP contribution in [0.3, 0.4) is 0 Å². The van der Waals surface area contributed by atoms with E-state index in [1.807, 2.05) is 48.5 Å². The predicted octanol–water partition coefficient (Wildman–Crippen LogP) is 6.03. The third-order valence-corrected chi connectivity index (χ3v) is 4.14. The highest BCUT2D eigenvalue weighted by Gasteiger charge is 2.15. The second-order valence-corrected chi connectivity index (χ2v) is 5.97. The summed E-state index contributed by atoms with van der Waals surface area (Å²) in [6, 6.07) is 26.1. The van der Waals surface area contributed by atoms with E-state index in [2.05, 4.69) is 34.1 Å². The summed E-state index contributed by atoms with van der Waals surface area (Å²) in [5.74, 6) is 0. The summed E-state index contributed by atoms with van der Waals surface area (Å²) in [5.41, 5.74) is 3.81. The van der Waals surface area contributed by atoms with Crippen LogP contribution >= 0.6 is 11.6 Å². The third kappa shape index (κ3) is 3.92. The fourth-order valence-corrected chi connectivity index (χ4v) is 2.83. The monoisotopic (exact) mass is 334 g/mol. The molecule has 24 heavy (non-hydrogen) atoms. The van der Waals surface area contributed by atoms with Crippen molar-refractivity contribution in [3.05, 3.63) is 100.0 Å². The van der Waals surface area contributed by atoms with Gasteiger partial charge in [0.2, 0.25) is 5.39 Å². The van der Waals surface area contributed by atoms with Crippen LogP contribution in [0.15, 0.2) is 78.9 Å². The number of diazo groups is 1. The standard InChI is InChI=1S/C20H17ClN3/c21-19-13-18(11-12-20(19)23-22)24(14-16-7-3-1-4-8-16)15-17-9-5-2-6-10-17/h1-13H,14-15H2/q+1. The smallest absolute Gasteiger partial charge is 0.363 e. The van der Waals surface area contributed by atoms with Gasteiger partial charge in [-0.1, -0.05) is 72.3 Å². The van der Waals surface area contributed by atoms with Gasteiger partial charge in [0.25, 0.3) is 0 Å². The van der Waals surface area contributed by atoms with Crippen LogP contribution in [0.1, 0.15) is 11.1 Å². The number of halogens is 1. The maximum atomic E-state index is 8.95. The molecule has 0 bridgehead atoms. The molecule has 3 nitrogen and oxygen atoms in total. The first kappa shape index (κ1) is 16.0. The van der Waals surface area contributed by atoms with E-state index in [0.717, 1.165) is 18.8 Å². The van der Waals surface area contributed by atoms with Gasteiger partial charge in [-0.25, -0.2) is 0 Å². The summed E-state index contributed by atoms with van der Waals surface area (Å²) >= 11 is 6.20. The average molecular weight is 335 g/mol. The van der Waals surface area contributed by atoms with Crippen molar-refractivity contribution in [1.29, 1.82) is 5.39 Å². The van der Waals surface area contributed by atoms with E-state index in [4.69, 9.17) is 17.0 Å². The SMILES string of the molecule is N#[N+]c1ccc(N(Cc2ccccc2)Cc2ccccc2)cc1Cl. The van der Waals surface area contributed by atoms with Gasteiger partial charge in [0, 0.05) is 24.8 Å². The molecule has 4 heteroatoms. The largest absolute Gasteiger partial charge is 0.403 e. The Hall–Kier alpha value is -2.83. The molecule has 0 spiro atoms. The first-order valence-electron chi connectivity index (χ1n) is 7.74.